The fourth-order valence-corrected chi connectivity index (χ4v) is 2.40. The lowest BCUT2D eigenvalue weighted by atomic mass is 9.94. The van der Waals surface area contributed by atoms with Gasteiger partial charge in [0.05, 0.1) is 12.6 Å². The molecule has 0 spiro atoms. The molecule has 0 radical (unpaired) electrons. The van der Waals surface area contributed by atoms with E-state index in [0.717, 1.165) is 23.3 Å². The SMILES string of the molecule is CCOc1ccc(C(N)c2ccc(C(C)CC)cc2)cc1. The molecule has 2 unspecified atom stereocenters. The predicted molar refractivity (Wildman–Crippen MR) is 88.8 cm³/mol. The van der Waals surface area contributed by atoms with Gasteiger partial charge in [-0.2, -0.15) is 0 Å². The van der Waals surface area contributed by atoms with Crippen LogP contribution in [0.4, 0.5) is 0 Å². The molecule has 2 nitrogen and oxygen atoms in total. The summed E-state index contributed by atoms with van der Waals surface area (Å²) in [6.45, 7) is 7.13. The summed E-state index contributed by atoms with van der Waals surface area (Å²) < 4.78 is 5.46. The van der Waals surface area contributed by atoms with Crippen molar-refractivity contribution in [3.05, 3.63) is 65.2 Å². The van der Waals surface area contributed by atoms with E-state index in [4.69, 9.17) is 10.5 Å². The van der Waals surface area contributed by atoms with Crippen LogP contribution in [-0.2, 0) is 0 Å². The Morgan fingerprint density at radius 3 is 1.81 bits per heavy atom. The molecule has 112 valence electrons. The minimum absolute atomic E-state index is 0.0911. The molecular formula is C19H25NO. The second kappa shape index (κ2) is 7.28. The Kier molecular flexibility index (Phi) is 5.40. The van der Waals surface area contributed by atoms with Crippen molar-refractivity contribution in [1.82, 2.24) is 0 Å². The van der Waals surface area contributed by atoms with Gasteiger partial charge in [0.25, 0.3) is 0 Å². The summed E-state index contributed by atoms with van der Waals surface area (Å²) in [5, 5.41) is 0. The summed E-state index contributed by atoms with van der Waals surface area (Å²) in [7, 11) is 0. The van der Waals surface area contributed by atoms with Gasteiger partial charge in [-0.05, 0) is 48.1 Å². The number of ether oxygens (including phenoxy) is 1. The van der Waals surface area contributed by atoms with Crippen LogP contribution in [0.5, 0.6) is 5.75 Å². The molecule has 0 fully saturated rings. The lowest BCUT2D eigenvalue weighted by molar-refractivity contribution is 0.340. The highest BCUT2D eigenvalue weighted by Gasteiger charge is 2.10. The third-order valence-electron chi connectivity index (χ3n) is 4.03. The molecule has 2 rings (SSSR count). The fraction of sp³-hybridized carbons (Fsp3) is 0.368. The van der Waals surface area contributed by atoms with Gasteiger partial charge in [-0.1, -0.05) is 50.2 Å². The first kappa shape index (κ1) is 15.6. The molecule has 2 N–H and O–H groups in total. The zero-order valence-corrected chi connectivity index (χ0v) is 13.2. The molecule has 2 aromatic rings. The number of hydrogen-bond donors (Lipinski definition) is 1. The minimum atomic E-state index is -0.0911. The van der Waals surface area contributed by atoms with Crippen LogP contribution in [0.2, 0.25) is 0 Å². The summed E-state index contributed by atoms with van der Waals surface area (Å²) in [4.78, 5) is 0. The molecule has 2 atom stereocenters. The maximum Gasteiger partial charge on any atom is 0.119 e. The number of rotatable bonds is 6. The number of hydrogen-bond acceptors (Lipinski definition) is 2. The van der Waals surface area contributed by atoms with Gasteiger partial charge in [0.15, 0.2) is 0 Å². The van der Waals surface area contributed by atoms with Crippen LogP contribution < -0.4 is 10.5 Å². The zero-order valence-electron chi connectivity index (χ0n) is 13.2. The minimum Gasteiger partial charge on any atom is -0.494 e. The first-order valence-corrected chi connectivity index (χ1v) is 7.73. The van der Waals surface area contributed by atoms with Crippen molar-refractivity contribution in [3.63, 3.8) is 0 Å². The topological polar surface area (TPSA) is 35.2 Å². The first-order chi connectivity index (χ1) is 10.2. The summed E-state index contributed by atoms with van der Waals surface area (Å²) in [5.41, 5.74) is 9.98. The van der Waals surface area contributed by atoms with E-state index in [1.165, 1.54) is 5.56 Å². The molecule has 0 aliphatic carbocycles. The molecule has 0 aliphatic rings. The molecule has 0 bridgehead atoms. The summed E-state index contributed by atoms with van der Waals surface area (Å²) >= 11 is 0. The molecule has 0 aliphatic heterocycles. The lowest BCUT2D eigenvalue weighted by Crippen LogP contribution is -2.11. The van der Waals surface area contributed by atoms with Crippen molar-refractivity contribution in [3.8, 4) is 5.75 Å². The Labute approximate surface area is 127 Å². The molecule has 0 amide bonds. The Morgan fingerprint density at radius 2 is 1.33 bits per heavy atom. The van der Waals surface area contributed by atoms with Gasteiger partial charge in [-0.25, -0.2) is 0 Å². The highest BCUT2D eigenvalue weighted by molar-refractivity contribution is 5.36. The monoisotopic (exact) mass is 283 g/mol. The molecule has 0 heterocycles. The molecule has 2 aromatic carbocycles. The maximum atomic E-state index is 6.36. The quantitative estimate of drug-likeness (QED) is 0.837. The molecule has 2 heteroatoms. The van der Waals surface area contributed by atoms with Crippen LogP contribution >= 0.6 is 0 Å². The van der Waals surface area contributed by atoms with Crippen LogP contribution in [-0.4, -0.2) is 6.61 Å². The maximum absolute atomic E-state index is 6.36. The average molecular weight is 283 g/mol. The van der Waals surface area contributed by atoms with Gasteiger partial charge in [0.1, 0.15) is 5.75 Å². The van der Waals surface area contributed by atoms with E-state index in [2.05, 4.69) is 38.1 Å². The van der Waals surface area contributed by atoms with Crippen LogP contribution in [0.3, 0.4) is 0 Å². The fourth-order valence-electron chi connectivity index (χ4n) is 2.40. The van der Waals surface area contributed by atoms with E-state index in [1.54, 1.807) is 0 Å². The van der Waals surface area contributed by atoms with Crippen molar-refractivity contribution in [2.45, 2.75) is 39.2 Å². The van der Waals surface area contributed by atoms with Crippen LogP contribution in [0, 0.1) is 0 Å². The van der Waals surface area contributed by atoms with Crippen LogP contribution in [0.25, 0.3) is 0 Å². The highest BCUT2D eigenvalue weighted by atomic mass is 16.5. The largest absolute Gasteiger partial charge is 0.494 e. The Morgan fingerprint density at radius 1 is 0.857 bits per heavy atom. The Hall–Kier alpha value is -1.80. The summed E-state index contributed by atoms with van der Waals surface area (Å²) in [5.74, 6) is 1.49. The second-order valence-electron chi connectivity index (χ2n) is 5.46. The van der Waals surface area contributed by atoms with Crippen molar-refractivity contribution in [2.75, 3.05) is 6.61 Å². The molecule has 0 saturated heterocycles. The standard InChI is InChI=1S/C19H25NO/c1-4-14(3)15-6-8-16(9-7-15)19(20)17-10-12-18(13-11-17)21-5-2/h6-14,19H,4-5,20H2,1-3H3. The summed E-state index contributed by atoms with van der Waals surface area (Å²) in [6.07, 6.45) is 1.16. The Bertz CT molecular complexity index is 545. The average Bonchev–Trinajstić information content (AvgIpc) is 2.54. The predicted octanol–water partition coefficient (Wildman–Crippen LogP) is 4.65. The van der Waals surface area contributed by atoms with E-state index in [9.17, 15) is 0 Å². The molecular weight excluding hydrogens is 258 g/mol. The highest BCUT2D eigenvalue weighted by Crippen LogP contribution is 2.25. The number of nitrogens with two attached hydrogens (primary N) is 1. The van der Waals surface area contributed by atoms with E-state index in [0.29, 0.717) is 12.5 Å². The van der Waals surface area contributed by atoms with Crippen molar-refractivity contribution < 1.29 is 4.74 Å². The molecule has 0 aromatic heterocycles. The van der Waals surface area contributed by atoms with Gasteiger partial charge in [-0.3, -0.25) is 0 Å². The van der Waals surface area contributed by atoms with Crippen molar-refractivity contribution in [2.24, 2.45) is 5.73 Å². The van der Waals surface area contributed by atoms with Gasteiger partial charge in [0, 0.05) is 0 Å². The van der Waals surface area contributed by atoms with Crippen molar-refractivity contribution in [1.29, 1.82) is 0 Å². The molecule has 21 heavy (non-hydrogen) atoms. The third kappa shape index (κ3) is 3.85. The van der Waals surface area contributed by atoms with Gasteiger partial charge in [-0.15, -0.1) is 0 Å². The molecule has 0 saturated carbocycles. The van der Waals surface area contributed by atoms with Crippen molar-refractivity contribution >= 4 is 0 Å². The van der Waals surface area contributed by atoms with E-state index < -0.39 is 0 Å². The lowest BCUT2D eigenvalue weighted by Gasteiger charge is -2.15. The number of benzene rings is 2. The van der Waals surface area contributed by atoms with E-state index in [1.807, 2.05) is 31.2 Å². The Balaban J connectivity index is 2.13. The normalized spacial score (nSPS) is 13.7. The van der Waals surface area contributed by atoms with Gasteiger partial charge >= 0.3 is 0 Å². The second-order valence-corrected chi connectivity index (χ2v) is 5.46. The third-order valence-corrected chi connectivity index (χ3v) is 4.03. The first-order valence-electron chi connectivity index (χ1n) is 7.73. The zero-order chi connectivity index (χ0) is 15.2. The van der Waals surface area contributed by atoms with Gasteiger partial charge < -0.3 is 10.5 Å². The van der Waals surface area contributed by atoms with Crippen LogP contribution in [0.15, 0.2) is 48.5 Å². The van der Waals surface area contributed by atoms with Crippen LogP contribution in [0.1, 0.15) is 55.8 Å². The smallest absolute Gasteiger partial charge is 0.119 e. The summed E-state index contributed by atoms with van der Waals surface area (Å²) in [6, 6.07) is 16.6. The van der Waals surface area contributed by atoms with Gasteiger partial charge in [0.2, 0.25) is 0 Å². The van der Waals surface area contributed by atoms with E-state index >= 15 is 0 Å². The van der Waals surface area contributed by atoms with E-state index in [-0.39, 0.29) is 6.04 Å².